The van der Waals surface area contributed by atoms with E-state index >= 15 is 0 Å². The van der Waals surface area contributed by atoms with Crippen LogP contribution in [0, 0.1) is 6.92 Å². The Bertz CT molecular complexity index is 282. The lowest BCUT2D eigenvalue weighted by molar-refractivity contribution is -0.0448. The maximum Gasteiger partial charge on any atom is 0.0860 e. The van der Waals surface area contributed by atoms with E-state index in [-0.39, 0.29) is 12.2 Å². The second kappa shape index (κ2) is 3.78. The third kappa shape index (κ3) is 1.93. The van der Waals surface area contributed by atoms with Crippen LogP contribution >= 0.6 is 11.3 Å². The molecule has 0 bridgehead atoms. The largest absolute Gasteiger partial charge is 0.393 e. The van der Waals surface area contributed by atoms with Gasteiger partial charge >= 0.3 is 0 Å². The summed E-state index contributed by atoms with van der Waals surface area (Å²) in [5, 5.41) is 13.7. The minimum absolute atomic E-state index is 0.120. The Hall–Kier alpha value is -0.380. The van der Waals surface area contributed by atoms with Gasteiger partial charge in [0.2, 0.25) is 0 Å². The van der Waals surface area contributed by atoms with Crippen LogP contribution in [0.25, 0.3) is 0 Å². The number of aliphatic hydroxyl groups excluding tert-OH is 1. The third-order valence-corrected chi connectivity index (χ3v) is 3.38. The molecule has 2 unspecified atom stereocenters. The van der Waals surface area contributed by atoms with E-state index in [0.29, 0.717) is 6.61 Å². The predicted molar refractivity (Wildman–Crippen MR) is 53.0 cm³/mol. The summed E-state index contributed by atoms with van der Waals surface area (Å²) in [4.78, 5) is 0. The van der Waals surface area contributed by atoms with E-state index in [1.807, 2.05) is 0 Å². The zero-order chi connectivity index (χ0) is 9.26. The molecule has 1 saturated heterocycles. The van der Waals surface area contributed by atoms with Gasteiger partial charge in [-0.25, -0.2) is 0 Å². The lowest BCUT2D eigenvalue weighted by atomic mass is 9.99. The van der Waals surface area contributed by atoms with E-state index in [4.69, 9.17) is 4.74 Å². The molecule has 1 aromatic rings. The second-order valence-electron chi connectivity index (χ2n) is 3.55. The van der Waals surface area contributed by atoms with E-state index in [1.165, 1.54) is 11.1 Å². The molecule has 0 saturated carbocycles. The van der Waals surface area contributed by atoms with Crippen LogP contribution in [0.3, 0.4) is 0 Å². The van der Waals surface area contributed by atoms with Crippen molar-refractivity contribution in [2.24, 2.45) is 0 Å². The molecule has 13 heavy (non-hydrogen) atoms. The molecular weight excluding hydrogens is 184 g/mol. The van der Waals surface area contributed by atoms with Crippen molar-refractivity contribution >= 4 is 11.3 Å². The van der Waals surface area contributed by atoms with Crippen LogP contribution in [0.2, 0.25) is 0 Å². The molecule has 1 aliphatic heterocycles. The Morgan fingerprint density at radius 1 is 1.54 bits per heavy atom. The molecule has 0 spiro atoms. The lowest BCUT2D eigenvalue weighted by Gasteiger charge is -2.26. The standard InChI is InChI=1S/C10H14O2S/c1-7-5-13-6-9(7)10-4-8(11)2-3-12-10/h5-6,8,10-11H,2-4H2,1H3. The highest BCUT2D eigenvalue weighted by molar-refractivity contribution is 7.08. The number of aliphatic hydroxyl groups is 1. The Labute approximate surface area is 82.2 Å². The number of aryl methyl sites for hydroxylation is 1. The predicted octanol–water partition coefficient (Wildman–Crippen LogP) is 2.27. The highest BCUT2D eigenvalue weighted by Crippen LogP contribution is 2.31. The molecule has 1 aliphatic rings. The quantitative estimate of drug-likeness (QED) is 0.750. The van der Waals surface area contributed by atoms with Crippen molar-refractivity contribution in [2.45, 2.75) is 32.0 Å². The minimum Gasteiger partial charge on any atom is -0.393 e. The molecule has 0 radical (unpaired) electrons. The van der Waals surface area contributed by atoms with Crippen LogP contribution in [0.4, 0.5) is 0 Å². The Kier molecular flexibility index (Phi) is 2.67. The molecule has 1 N–H and O–H groups in total. The van der Waals surface area contributed by atoms with Crippen LogP contribution in [0.5, 0.6) is 0 Å². The van der Waals surface area contributed by atoms with Gasteiger partial charge in [0.25, 0.3) is 0 Å². The number of hydrogen-bond acceptors (Lipinski definition) is 3. The van der Waals surface area contributed by atoms with E-state index in [0.717, 1.165) is 12.8 Å². The molecular formula is C10H14O2S. The van der Waals surface area contributed by atoms with Crippen molar-refractivity contribution in [1.82, 2.24) is 0 Å². The van der Waals surface area contributed by atoms with E-state index in [2.05, 4.69) is 17.7 Å². The van der Waals surface area contributed by atoms with Gasteiger partial charge in [0.15, 0.2) is 0 Å². The molecule has 0 amide bonds. The van der Waals surface area contributed by atoms with Gasteiger partial charge in [-0.1, -0.05) is 0 Å². The van der Waals surface area contributed by atoms with Crippen LogP contribution < -0.4 is 0 Å². The second-order valence-corrected chi connectivity index (χ2v) is 4.29. The summed E-state index contributed by atoms with van der Waals surface area (Å²) in [6.07, 6.45) is 1.46. The summed E-state index contributed by atoms with van der Waals surface area (Å²) in [7, 11) is 0. The maximum atomic E-state index is 9.49. The fourth-order valence-corrected chi connectivity index (χ4v) is 2.59. The van der Waals surface area contributed by atoms with Gasteiger partial charge in [-0.05, 0) is 35.2 Å². The van der Waals surface area contributed by atoms with Gasteiger partial charge in [0.1, 0.15) is 0 Å². The Morgan fingerprint density at radius 2 is 2.38 bits per heavy atom. The Morgan fingerprint density at radius 3 is 3.00 bits per heavy atom. The third-order valence-electron chi connectivity index (χ3n) is 2.50. The fourth-order valence-electron chi connectivity index (χ4n) is 1.70. The highest BCUT2D eigenvalue weighted by Gasteiger charge is 2.23. The topological polar surface area (TPSA) is 29.5 Å². The van der Waals surface area contributed by atoms with Crippen molar-refractivity contribution in [3.8, 4) is 0 Å². The molecule has 3 heteroatoms. The number of rotatable bonds is 1. The highest BCUT2D eigenvalue weighted by atomic mass is 32.1. The van der Waals surface area contributed by atoms with Crippen molar-refractivity contribution < 1.29 is 9.84 Å². The number of hydrogen-bond donors (Lipinski definition) is 1. The first kappa shape index (κ1) is 9.19. The average molecular weight is 198 g/mol. The van der Waals surface area contributed by atoms with Gasteiger partial charge < -0.3 is 9.84 Å². The number of ether oxygens (including phenoxy) is 1. The van der Waals surface area contributed by atoms with Crippen molar-refractivity contribution in [1.29, 1.82) is 0 Å². The summed E-state index contributed by atoms with van der Waals surface area (Å²) in [6, 6.07) is 0. The summed E-state index contributed by atoms with van der Waals surface area (Å²) in [5.74, 6) is 0. The van der Waals surface area contributed by atoms with E-state index < -0.39 is 0 Å². The minimum atomic E-state index is -0.182. The summed E-state index contributed by atoms with van der Waals surface area (Å²) >= 11 is 1.70. The normalized spacial score (nSPS) is 29.1. The zero-order valence-electron chi connectivity index (χ0n) is 7.69. The first-order valence-corrected chi connectivity index (χ1v) is 5.54. The first-order valence-electron chi connectivity index (χ1n) is 4.59. The van der Waals surface area contributed by atoms with E-state index in [9.17, 15) is 5.11 Å². The molecule has 2 heterocycles. The average Bonchev–Trinajstić information content (AvgIpc) is 2.51. The molecule has 1 aromatic heterocycles. The smallest absolute Gasteiger partial charge is 0.0860 e. The molecule has 0 aliphatic carbocycles. The monoisotopic (exact) mass is 198 g/mol. The van der Waals surface area contributed by atoms with Gasteiger partial charge in [0, 0.05) is 13.0 Å². The van der Waals surface area contributed by atoms with Crippen LogP contribution in [0.15, 0.2) is 10.8 Å². The van der Waals surface area contributed by atoms with Crippen molar-refractivity contribution in [3.63, 3.8) is 0 Å². The van der Waals surface area contributed by atoms with Gasteiger partial charge in [-0.2, -0.15) is 11.3 Å². The summed E-state index contributed by atoms with van der Waals surface area (Å²) in [5.41, 5.74) is 2.54. The van der Waals surface area contributed by atoms with Crippen LogP contribution in [0.1, 0.15) is 30.1 Å². The molecule has 2 rings (SSSR count). The molecule has 2 nitrogen and oxygen atoms in total. The summed E-state index contributed by atoms with van der Waals surface area (Å²) in [6.45, 7) is 2.78. The van der Waals surface area contributed by atoms with Crippen molar-refractivity contribution in [2.75, 3.05) is 6.61 Å². The fraction of sp³-hybridized carbons (Fsp3) is 0.600. The lowest BCUT2D eigenvalue weighted by Crippen LogP contribution is -2.23. The molecule has 2 atom stereocenters. The van der Waals surface area contributed by atoms with E-state index in [1.54, 1.807) is 11.3 Å². The maximum absolute atomic E-state index is 9.49. The SMILES string of the molecule is Cc1cscc1C1CC(O)CCO1. The van der Waals surface area contributed by atoms with Crippen LogP contribution in [-0.4, -0.2) is 17.8 Å². The first-order chi connectivity index (χ1) is 6.27. The van der Waals surface area contributed by atoms with Crippen LogP contribution in [-0.2, 0) is 4.74 Å². The molecule has 72 valence electrons. The molecule has 0 aromatic carbocycles. The van der Waals surface area contributed by atoms with Gasteiger partial charge in [0.05, 0.1) is 12.2 Å². The number of thiophene rings is 1. The summed E-state index contributed by atoms with van der Waals surface area (Å²) < 4.78 is 5.62. The Balaban J connectivity index is 2.12. The molecule has 1 fully saturated rings. The van der Waals surface area contributed by atoms with Crippen molar-refractivity contribution in [3.05, 3.63) is 21.9 Å². The van der Waals surface area contributed by atoms with Gasteiger partial charge in [-0.15, -0.1) is 0 Å². The van der Waals surface area contributed by atoms with Gasteiger partial charge in [-0.3, -0.25) is 0 Å². The zero-order valence-corrected chi connectivity index (χ0v) is 8.51.